The van der Waals surface area contributed by atoms with Crippen LogP contribution < -0.4 is 11.1 Å². The van der Waals surface area contributed by atoms with Crippen LogP contribution in [0.5, 0.6) is 0 Å². The number of hydrogen-bond donors (Lipinski definition) is 2. The van der Waals surface area contributed by atoms with Gasteiger partial charge in [0.05, 0.1) is 10.7 Å². The van der Waals surface area contributed by atoms with Gasteiger partial charge in [0.1, 0.15) is 0 Å². The second kappa shape index (κ2) is 6.47. The van der Waals surface area contributed by atoms with E-state index in [1.54, 1.807) is 11.3 Å². The van der Waals surface area contributed by atoms with Crippen LogP contribution in [0.2, 0.25) is 0 Å². The van der Waals surface area contributed by atoms with Gasteiger partial charge in [-0.3, -0.25) is 0 Å². The van der Waals surface area contributed by atoms with Crippen LogP contribution in [0, 0.1) is 12.8 Å². The third-order valence-corrected chi connectivity index (χ3v) is 4.42. The summed E-state index contributed by atoms with van der Waals surface area (Å²) in [7, 11) is 0. The zero-order valence-electron chi connectivity index (χ0n) is 10.6. The highest BCUT2D eigenvalue weighted by atomic mass is 32.1. The average Bonchev–Trinajstić information content (AvgIpc) is 2.73. The van der Waals surface area contributed by atoms with Gasteiger partial charge in [0, 0.05) is 24.4 Å². The Labute approximate surface area is 108 Å². The molecule has 0 amide bonds. The first kappa shape index (κ1) is 13.0. The van der Waals surface area contributed by atoms with E-state index in [9.17, 15) is 0 Å². The second-order valence-corrected chi connectivity index (χ2v) is 6.08. The molecule has 0 radical (unpaired) electrons. The first-order chi connectivity index (χ1) is 8.25. The number of hydrogen-bond acceptors (Lipinski definition) is 4. The van der Waals surface area contributed by atoms with E-state index in [2.05, 4.69) is 22.6 Å². The zero-order valence-corrected chi connectivity index (χ0v) is 11.4. The average molecular weight is 253 g/mol. The molecule has 2 rings (SSSR count). The van der Waals surface area contributed by atoms with Gasteiger partial charge >= 0.3 is 0 Å². The highest BCUT2D eigenvalue weighted by molar-refractivity contribution is 7.09. The van der Waals surface area contributed by atoms with Crippen molar-refractivity contribution < 1.29 is 0 Å². The van der Waals surface area contributed by atoms with Crippen molar-refractivity contribution in [3.63, 3.8) is 0 Å². The standard InChI is InChI=1S/C13H23N3S/c1-10-16-12(9-17-10)6-7-15-8-11-4-2-3-5-13(11)14/h9,11,13,15H,2-8,14H2,1H3. The van der Waals surface area contributed by atoms with Gasteiger partial charge in [0.25, 0.3) is 0 Å². The Morgan fingerprint density at radius 3 is 3.00 bits per heavy atom. The van der Waals surface area contributed by atoms with E-state index in [0.717, 1.165) is 24.5 Å². The normalized spacial score (nSPS) is 25.1. The Morgan fingerprint density at radius 2 is 2.29 bits per heavy atom. The molecule has 17 heavy (non-hydrogen) atoms. The molecule has 2 unspecified atom stereocenters. The van der Waals surface area contributed by atoms with Crippen molar-refractivity contribution >= 4 is 11.3 Å². The fraction of sp³-hybridized carbons (Fsp3) is 0.769. The van der Waals surface area contributed by atoms with E-state index in [0.29, 0.717) is 12.0 Å². The molecule has 0 aliphatic heterocycles. The summed E-state index contributed by atoms with van der Waals surface area (Å²) in [5, 5.41) is 6.85. The summed E-state index contributed by atoms with van der Waals surface area (Å²) in [6.07, 6.45) is 6.20. The summed E-state index contributed by atoms with van der Waals surface area (Å²) in [5.74, 6) is 0.681. The number of aryl methyl sites for hydroxylation is 1. The zero-order chi connectivity index (χ0) is 12.1. The molecule has 1 heterocycles. The monoisotopic (exact) mass is 253 g/mol. The maximum absolute atomic E-state index is 6.12. The summed E-state index contributed by atoms with van der Waals surface area (Å²) in [4.78, 5) is 4.46. The van der Waals surface area contributed by atoms with Gasteiger partial charge in [-0.2, -0.15) is 0 Å². The number of nitrogens with one attached hydrogen (secondary N) is 1. The van der Waals surface area contributed by atoms with Crippen LogP contribution in [0.4, 0.5) is 0 Å². The van der Waals surface area contributed by atoms with Crippen molar-refractivity contribution in [1.29, 1.82) is 0 Å². The van der Waals surface area contributed by atoms with Crippen LogP contribution in [-0.4, -0.2) is 24.1 Å². The van der Waals surface area contributed by atoms with Crippen molar-refractivity contribution in [2.24, 2.45) is 11.7 Å². The molecule has 0 aromatic carbocycles. The van der Waals surface area contributed by atoms with Gasteiger partial charge < -0.3 is 11.1 Å². The van der Waals surface area contributed by atoms with Gasteiger partial charge in [-0.1, -0.05) is 12.8 Å². The predicted octanol–water partition coefficient (Wildman–Crippen LogP) is 2.10. The van der Waals surface area contributed by atoms with E-state index in [1.165, 1.54) is 31.4 Å². The number of nitrogens with two attached hydrogens (primary N) is 1. The van der Waals surface area contributed by atoms with Crippen LogP contribution in [0.1, 0.15) is 36.4 Å². The lowest BCUT2D eigenvalue weighted by Gasteiger charge is -2.28. The van der Waals surface area contributed by atoms with E-state index < -0.39 is 0 Å². The summed E-state index contributed by atoms with van der Waals surface area (Å²) in [5.41, 5.74) is 7.34. The molecule has 0 saturated heterocycles. The summed E-state index contributed by atoms with van der Waals surface area (Å²) in [6.45, 7) is 4.15. The third kappa shape index (κ3) is 4.05. The maximum atomic E-state index is 6.12. The Bertz CT molecular complexity index is 337. The lowest BCUT2D eigenvalue weighted by molar-refractivity contribution is 0.297. The lowest BCUT2D eigenvalue weighted by Crippen LogP contribution is -2.39. The van der Waals surface area contributed by atoms with Crippen molar-refractivity contribution in [3.05, 3.63) is 16.1 Å². The highest BCUT2D eigenvalue weighted by Gasteiger charge is 2.20. The number of aromatic nitrogens is 1. The molecule has 1 aromatic rings. The van der Waals surface area contributed by atoms with Crippen molar-refractivity contribution in [3.8, 4) is 0 Å². The highest BCUT2D eigenvalue weighted by Crippen LogP contribution is 2.22. The van der Waals surface area contributed by atoms with Gasteiger partial charge in [0.15, 0.2) is 0 Å². The first-order valence-corrected chi connectivity index (χ1v) is 7.51. The van der Waals surface area contributed by atoms with Crippen molar-refractivity contribution in [2.75, 3.05) is 13.1 Å². The Kier molecular flexibility index (Phi) is 4.95. The Morgan fingerprint density at radius 1 is 1.47 bits per heavy atom. The van der Waals surface area contributed by atoms with Crippen LogP contribution in [0.3, 0.4) is 0 Å². The van der Waals surface area contributed by atoms with E-state index in [4.69, 9.17) is 5.73 Å². The molecule has 1 aromatic heterocycles. The summed E-state index contributed by atoms with van der Waals surface area (Å²) >= 11 is 1.73. The Balaban J connectivity index is 1.62. The van der Waals surface area contributed by atoms with Crippen LogP contribution in [-0.2, 0) is 6.42 Å². The van der Waals surface area contributed by atoms with Crippen LogP contribution >= 0.6 is 11.3 Å². The second-order valence-electron chi connectivity index (χ2n) is 5.02. The topological polar surface area (TPSA) is 50.9 Å². The minimum Gasteiger partial charge on any atom is -0.327 e. The predicted molar refractivity (Wildman–Crippen MR) is 73.4 cm³/mol. The lowest BCUT2D eigenvalue weighted by atomic mass is 9.85. The molecule has 1 fully saturated rings. The third-order valence-electron chi connectivity index (χ3n) is 3.60. The molecule has 1 saturated carbocycles. The molecule has 3 N–H and O–H groups in total. The molecule has 0 bridgehead atoms. The largest absolute Gasteiger partial charge is 0.327 e. The van der Waals surface area contributed by atoms with Gasteiger partial charge in [-0.15, -0.1) is 11.3 Å². The smallest absolute Gasteiger partial charge is 0.0897 e. The maximum Gasteiger partial charge on any atom is 0.0897 e. The molecule has 4 heteroatoms. The van der Waals surface area contributed by atoms with Crippen LogP contribution in [0.15, 0.2) is 5.38 Å². The van der Waals surface area contributed by atoms with E-state index in [-0.39, 0.29) is 0 Å². The van der Waals surface area contributed by atoms with Crippen molar-refractivity contribution in [1.82, 2.24) is 10.3 Å². The van der Waals surface area contributed by atoms with Gasteiger partial charge in [0.2, 0.25) is 0 Å². The van der Waals surface area contributed by atoms with Gasteiger partial charge in [-0.05, 0) is 32.2 Å². The minimum absolute atomic E-state index is 0.415. The number of rotatable bonds is 5. The molecular weight excluding hydrogens is 230 g/mol. The summed E-state index contributed by atoms with van der Waals surface area (Å²) in [6, 6.07) is 0.415. The van der Waals surface area contributed by atoms with Crippen LogP contribution in [0.25, 0.3) is 0 Å². The number of thiazole rings is 1. The SMILES string of the molecule is Cc1nc(CCNCC2CCCCC2N)cs1. The van der Waals surface area contributed by atoms with E-state index in [1.807, 2.05) is 0 Å². The fourth-order valence-corrected chi connectivity index (χ4v) is 3.16. The minimum atomic E-state index is 0.415. The molecule has 0 spiro atoms. The molecule has 1 aliphatic carbocycles. The molecule has 3 nitrogen and oxygen atoms in total. The molecular formula is C13H23N3S. The van der Waals surface area contributed by atoms with Crippen molar-refractivity contribution in [2.45, 2.75) is 45.1 Å². The molecule has 96 valence electrons. The Hall–Kier alpha value is -0.450. The first-order valence-electron chi connectivity index (χ1n) is 6.63. The van der Waals surface area contributed by atoms with Gasteiger partial charge in [-0.25, -0.2) is 4.98 Å². The quantitative estimate of drug-likeness (QED) is 0.790. The van der Waals surface area contributed by atoms with E-state index >= 15 is 0 Å². The number of nitrogens with zero attached hydrogens (tertiary/aromatic N) is 1. The molecule has 2 atom stereocenters. The summed E-state index contributed by atoms with van der Waals surface area (Å²) < 4.78 is 0. The fourth-order valence-electron chi connectivity index (χ4n) is 2.52. The molecule has 1 aliphatic rings.